The molecule has 0 spiro atoms. The fourth-order valence-corrected chi connectivity index (χ4v) is 2.23. The molecule has 0 bridgehead atoms. The number of rotatable bonds is 2. The molecule has 0 aliphatic rings. The van der Waals surface area contributed by atoms with Crippen molar-refractivity contribution < 1.29 is 4.21 Å². The van der Waals surface area contributed by atoms with E-state index in [1.807, 2.05) is 20.8 Å². The molecule has 1 aromatic carbocycles. The van der Waals surface area contributed by atoms with Crippen LogP contribution in [0.1, 0.15) is 33.3 Å². The van der Waals surface area contributed by atoms with Crippen LogP contribution < -0.4 is 0 Å². The maximum Gasteiger partial charge on any atom is 0.145 e. The van der Waals surface area contributed by atoms with Gasteiger partial charge in [0.1, 0.15) is 11.0 Å². The molecule has 1 rings (SSSR count). The Morgan fingerprint density at radius 2 is 1.65 bits per heavy atom. The van der Waals surface area contributed by atoms with E-state index in [9.17, 15) is 4.21 Å². The standard InChI is InChI=1S/C12H15Cl2NOS/c1-8(15-17(16)12(2,3)4)9-5-10(13)7-11(14)6-9/h5-7H,1-4H3. The third-order valence-electron chi connectivity index (χ3n) is 2.02. The average Bonchev–Trinajstić information content (AvgIpc) is 2.14. The molecular formula is C12H15Cl2NOS. The summed E-state index contributed by atoms with van der Waals surface area (Å²) in [7, 11) is -1.28. The minimum absolute atomic E-state index is 0.371. The van der Waals surface area contributed by atoms with Crippen molar-refractivity contribution in [2.45, 2.75) is 32.4 Å². The topological polar surface area (TPSA) is 29.4 Å². The summed E-state index contributed by atoms with van der Waals surface area (Å²) in [5.74, 6) is 0. The number of halogens is 2. The van der Waals surface area contributed by atoms with Crippen LogP contribution in [0.3, 0.4) is 0 Å². The molecule has 0 saturated carbocycles. The van der Waals surface area contributed by atoms with Crippen molar-refractivity contribution >= 4 is 39.9 Å². The Kier molecular flexibility index (Phi) is 4.76. The third-order valence-corrected chi connectivity index (χ3v) is 3.95. The van der Waals surface area contributed by atoms with Crippen LogP contribution in [-0.2, 0) is 11.0 Å². The van der Waals surface area contributed by atoms with E-state index in [4.69, 9.17) is 23.2 Å². The normalized spacial score (nSPS) is 14.8. The Labute approximate surface area is 115 Å². The second-order valence-electron chi connectivity index (χ2n) is 4.70. The van der Waals surface area contributed by atoms with E-state index in [2.05, 4.69) is 4.40 Å². The molecule has 0 fully saturated rings. The highest BCUT2D eigenvalue weighted by molar-refractivity contribution is 7.85. The van der Waals surface area contributed by atoms with Gasteiger partial charge in [0.25, 0.3) is 0 Å². The third kappa shape index (κ3) is 4.41. The SMILES string of the molecule is CC(=NS(=O)C(C)(C)C)c1cc(Cl)cc(Cl)c1. The summed E-state index contributed by atoms with van der Waals surface area (Å²) in [5.41, 5.74) is 1.46. The molecule has 0 N–H and O–H groups in total. The molecular weight excluding hydrogens is 277 g/mol. The predicted octanol–water partition coefficient (Wildman–Crippen LogP) is 4.26. The summed E-state index contributed by atoms with van der Waals surface area (Å²) < 4.78 is 15.7. The Hall–Kier alpha value is -0.380. The number of nitrogens with zero attached hydrogens (tertiary/aromatic N) is 1. The van der Waals surface area contributed by atoms with Crippen LogP contribution in [0.25, 0.3) is 0 Å². The summed E-state index contributed by atoms with van der Waals surface area (Å²) in [6.45, 7) is 7.44. The fraction of sp³-hybridized carbons (Fsp3) is 0.417. The minimum atomic E-state index is -1.28. The second kappa shape index (κ2) is 5.51. The molecule has 0 amide bonds. The van der Waals surface area contributed by atoms with Gasteiger partial charge < -0.3 is 0 Å². The highest BCUT2D eigenvalue weighted by Crippen LogP contribution is 2.20. The van der Waals surface area contributed by atoms with Crippen molar-refractivity contribution in [3.8, 4) is 0 Å². The molecule has 0 aliphatic heterocycles. The van der Waals surface area contributed by atoms with Crippen molar-refractivity contribution in [3.63, 3.8) is 0 Å². The predicted molar refractivity (Wildman–Crippen MR) is 76.6 cm³/mol. The average molecular weight is 292 g/mol. The summed E-state index contributed by atoms with van der Waals surface area (Å²) in [4.78, 5) is 0. The minimum Gasteiger partial charge on any atom is -0.234 e. The largest absolute Gasteiger partial charge is 0.234 e. The van der Waals surface area contributed by atoms with Gasteiger partial charge in [0.05, 0.1) is 10.5 Å². The van der Waals surface area contributed by atoms with Crippen molar-refractivity contribution in [1.29, 1.82) is 0 Å². The number of hydrogen-bond donors (Lipinski definition) is 0. The van der Waals surface area contributed by atoms with E-state index in [1.165, 1.54) is 0 Å². The first-order valence-electron chi connectivity index (χ1n) is 5.14. The summed E-state index contributed by atoms with van der Waals surface area (Å²) in [5, 5.41) is 1.09. The fourth-order valence-electron chi connectivity index (χ4n) is 1.08. The van der Waals surface area contributed by atoms with Crippen LogP contribution in [0.5, 0.6) is 0 Å². The van der Waals surface area contributed by atoms with Crippen LogP contribution in [-0.4, -0.2) is 14.7 Å². The van der Waals surface area contributed by atoms with Gasteiger partial charge in [0.2, 0.25) is 0 Å². The van der Waals surface area contributed by atoms with Crippen molar-refractivity contribution in [1.82, 2.24) is 0 Å². The van der Waals surface area contributed by atoms with Gasteiger partial charge in [0.15, 0.2) is 0 Å². The zero-order valence-corrected chi connectivity index (χ0v) is 12.6. The molecule has 0 heterocycles. The van der Waals surface area contributed by atoms with Gasteiger partial charge in [-0.3, -0.25) is 0 Å². The first kappa shape index (κ1) is 14.7. The zero-order chi connectivity index (χ0) is 13.2. The summed E-state index contributed by atoms with van der Waals surface area (Å²) >= 11 is 11.8. The van der Waals surface area contributed by atoms with Crippen LogP contribution in [0.15, 0.2) is 22.6 Å². The van der Waals surface area contributed by atoms with Crippen LogP contribution in [0.2, 0.25) is 10.0 Å². The lowest BCUT2D eigenvalue weighted by Gasteiger charge is -2.14. The number of benzene rings is 1. The van der Waals surface area contributed by atoms with E-state index >= 15 is 0 Å². The molecule has 1 unspecified atom stereocenters. The molecule has 1 atom stereocenters. The van der Waals surface area contributed by atoms with Gasteiger partial charge in [-0.2, -0.15) is 4.40 Å². The molecule has 0 aromatic heterocycles. The lowest BCUT2D eigenvalue weighted by Crippen LogP contribution is -2.20. The van der Waals surface area contributed by atoms with Crippen molar-refractivity contribution in [3.05, 3.63) is 33.8 Å². The van der Waals surface area contributed by atoms with E-state index in [-0.39, 0.29) is 4.75 Å². The quantitative estimate of drug-likeness (QED) is 0.749. The van der Waals surface area contributed by atoms with Crippen molar-refractivity contribution in [2.24, 2.45) is 4.40 Å². The molecule has 5 heteroatoms. The monoisotopic (exact) mass is 291 g/mol. The summed E-state index contributed by atoms with van der Waals surface area (Å²) in [6, 6.07) is 5.17. The van der Waals surface area contributed by atoms with Gasteiger partial charge in [0, 0.05) is 10.0 Å². The molecule has 0 radical (unpaired) electrons. The maximum atomic E-state index is 11.9. The molecule has 0 aliphatic carbocycles. The first-order chi connectivity index (χ1) is 7.70. The van der Waals surface area contributed by atoms with Gasteiger partial charge >= 0.3 is 0 Å². The first-order valence-corrected chi connectivity index (χ1v) is 7.00. The number of hydrogen-bond acceptors (Lipinski definition) is 1. The van der Waals surface area contributed by atoms with E-state index < -0.39 is 11.0 Å². The lowest BCUT2D eigenvalue weighted by atomic mass is 10.1. The van der Waals surface area contributed by atoms with Crippen LogP contribution >= 0.6 is 23.2 Å². The highest BCUT2D eigenvalue weighted by atomic mass is 35.5. The van der Waals surface area contributed by atoms with Gasteiger partial charge in [-0.15, -0.1) is 0 Å². The van der Waals surface area contributed by atoms with Crippen molar-refractivity contribution in [2.75, 3.05) is 0 Å². The Morgan fingerprint density at radius 1 is 1.18 bits per heavy atom. The van der Waals surface area contributed by atoms with Crippen LogP contribution in [0.4, 0.5) is 0 Å². The maximum absolute atomic E-state index is 11.9. The highest BCUT2D eigenvalue weighted by Gasteiger charge is 2.19. The van der Waals surface area contributed by atoms with E-state index in [0.717, 1.165) is 5.56 Å². The smallest absolute Gasteiger partial charge is 0.145 e. The van der Waals surface area contributed by atoms with Gasteiger partial charge in [-0.25, -0.2) is 4.21 Å². The Bertz CT molecular complexity index is 458. The van der Waals surface area contributed by atoms with E-state index in [1.54, 1.807) is 25.1 Å². The Balaban J connectivity index is 3.08. The molecule has 2 nitrogen and oxygen atoms in total. The summed E-state index contributed by atoms with van der Waals surface area (Å²) in [6.07, 6.45) is 0. The molecule has 0 saturated heterocycles. The molecule has 17 heavy (non-hydrogen) atoms. The zero-order valence-electron chi connectivity index (χ0n) is 10.3. The second-order valence-corrected chi connectivity index (χ2v) is 7.47. The van der Waals surface area contributed by atoms with Gasteiger partial charge in [-0.05, 0) is 51.5 Å². The van der Waals surface area contributed by atoms with Crippen LogP contribution in [0, 0.1) is 0 Å². The molecule has 94 valence electrons. The van der Waals surface area contributed by atoms with E-state index in [0.29, 0.717) is 15.8 Å². The lowest BCUT2D eigenvalue weighted by molar-refractivity contribution is 0.650. The molecule has 1 aromatic rings. The Morgan fingerprint density at radius 3 is 2.06 bits per heavy atom. The van der Waals surface area contributed by atoms with Gasteiger partial charge in [-0.1, -0.05) is 23.2 Å².